The molecule has 0 saturated carbocycles. The van der Waals surface area contributed by atoms with Crippen LogP contribution in [-0.2, 0) is 6.42 Å². The highest BCUT2D eigenvalue weighted by atomic mass is 32.1. The van der Waals surface area contributed by atoms with E-state index < -0.39 is 11.6 Å². The predicted molar refractivity (Wildman–Crippen MR) is 143 cm³/mol. The fourth-order valence-corrected chi connectivity index (χ4v) is 5.90. The van der Waals surface area contributed by atoms with Crippen molar-refractivity contribution in [1.82, 2.24) is 20.3 Å². The maximum absolute atomic E-state index is 15.0. The number of nitrogens with zero attached hydrogens (tertiary/aromatic N) is 5. The number of aromatic nitrogens is 3. The third kappa shape index (κ3) is 4.71. The lowest BCUT2D eigenvalue weighted by atomic mass is 10.1. The Labute approximate surface area is 218 Å². The molecular formula is C27H28F2N6OS. The van der Waals surface area contributed by atoms with Crippen LogP contribution in [0.15, 0.2) is 36.5 Å². The smallest absolute Gasteiger partial charge is 0.178 e. The van der Waals surface area contributed by atoms with E-state index in [0.717, 1.165) is 47.6 Å². The highest BCUT2D eigenvalue weighted by Gasteiger charge is 2.26. The van der Waals surface area contributed by atoms with Gasteiger partial charge in [0.05, 0.1) is 35.1 Å². The van der Waals surface area contributed by atoms with Crippen molar-refractivity contribution in [3.63, 3.8) is 0 Å². The average molecular weight is 523 g/mol. The van der Waals surface area contributed by atoms with E-state index in [9.17, 15) is 8.78 Å². The number of thiazole rings is 1. The van der Waals surface area contributed by atoms with Crippen LogP contribution in [0.2, 0.25) is 0 Å². The molecule has 0 unspecified atom stereocenters. The van der Waals surface area contributed by atoms with E-state index in [0.29, 0.717) is 36.6 Å². The van der Waals surface area contributed by atoms with Gasteiger partial charge >= 0.3 is 0 Å². The fourth-order valence-electron chi connectivity index (χ4n) is 4.96. The minimum Gasteiger partial charge on any atom is -0.486 e. The number of hydrogen-bond donors (Lipinski definition) is 1. The number of benzene rings is 2. The summed E-state index contributed by atoms with van der Waals surface area (Å²) in [6.07, 6.45) is 1.52. The van der Waals surface area contributed by atoms with E-state index in [1.807, 2.05) is 13.8 Å². The quantitative estimate of drug-likeness (QED) is 0.410. The van der Waals surface area contributed by atoms with Crippen molar-refractivity contribution in [3.8, 4) is 17.0 Å². The van der Waals surface area contributed by atoms with Gasteiger partial charge in [0.25, 0.3) is 0 Å². The molecule has 6 rings (SSSR count). The summed E-state index contributed by atoms with van der Waals surface area (Å²) in [5.41, 5.74) is 3.15. The molecule has 2 aromatic heterocycles. The Morgan fingerprint density at radius 2 is 1.89 bits per heavy atom. The zero-order chi connectivity index (χ0) is 25.5. The van der Waals surface area contributed by atoms with Crippen LogP contribution in [-0.4, -0.2) is 60.3 Å². The summed E-state index contributed by atoms with van der Waals surface area (Å²) in [6.45, 7) is 9.01. The summed E-state index contributed by atoms with van der Waals surface area (Å²) in [7, 11) is 0. The highest BCUT2D eigenvalue weighted by molar-refractivity contribution is 7.18. The van der Waals surface area contributed by atoms with Gasteiger partial charge in [-0.05, 0) is 44.2 Å². The van der Waals surface area contributed by atoms with Gasteiger partial charge in [-0.15, -0.1) is 11.3 Å². The van der Waals surface area contributed by atoms with Gasteiger partial charge in [0.2, 0.25) is 0 Å². The highest BCUT2D eigenvalue weighted by Crippen LogP contribution is 2.39. The molecule has 0 radical (unpaired) electrons. The van der Waals surface area contributed by atoms with Crippen LogP contribution in [0.3, 0.4) is 0 Å². The van der Waals surface area contributed by atoms with E-state index in [2.05, 4.69) is 43.3 Å². The Morgan fingerprint density at radius 1 is 1.05 bits per heavy atom. The third-order valence-electron chi connectivity index (χ3n) is 6.81. The van der Waals surface area contributed by atoms with Crippen molar-refractivity contribution in [2.45, 2.75) is 26.3 Å². The molecule has 37 heavy (non-hydrogen) atoms. The first kappa shape index (κ1) is 24.0. The fraction of sp³-hybridized carbons (Fsp3) is 0.370. The molecule has 1 N–H and O–H groups in total. The van der Waals surface area contributed by atoms with E-state index >= 15 is 0 Å². The number of fused-ring (bicyclic) bond motifs is 2. The molecule has 4 aromatic rings. The number of anilines is 2. The Kier molecular flexibility index (Phi) is 6.37. The van der Waals surface area contributed by atoms with Crippen LogP contribution < -0.4 is 19.9 Å². The Bertz CT molecular complexity index is 1450. The second-order valence-corrected chi connectivity index (χ2v) is 10.7. The van der Waals surface area contributed by atoms with Gasteiger partial charge in [0.1, 0.15) is 23.1 Å². The van der Waals surface area contributed by atoms with Gasteiger partial charge in [0.15, 0.2) is 17.4 Å². The van der Waals surface area contributed by atoms with Crippen LogP contribution in [0, 0.1) is 11.6 Å². The standard InChI is InChI=1S/C27H28F2N6OS/c1-16(2)35-9-10-36-27-19(28)11-17(12-22(27)35)26-20(29)15-31-24(33-26)14-25-32-21-13-18(3-4-23(21)37-25)34-7-5-30-6-8-34/h3-4,11-13,15-16,30H,5-10,14H2,1-2H3. The lowest BCUT2D eigenvalue weighted by Gasteiger charge is -2.34. The molecule has 2 aromatic carbocycles. The summed E-state index contributed by atoms with van der Waals surface area (Å²) in [6, 6.07) is 9.54. The summed E-state index contributed by atoms with van der Waals surface area (Å²) in [5, 5.41) is 4.22. The lowest BCUT2D eigenvalue weighted by Crippen LogP contribution is -2.43. The van der Waals surface area contributed by atoms with Gasteiger partial charge < -0.3 is 19.9 Å². The maximum Gasteiger partial charge on any atom is 0.178 e. The average Bonchev–Trinajstić information content (AvgIpc) is 3.31. The van der Waals surface area contributed by atoms with Crippen LogP contribution in [0.5, 0.6) is 5.75 Å². The maximum atomic E-state index is 15.0. The molecule has 0 amide bonds. The number of rotatable bonds is 5. The summed E-state index contributed by atoms with van der Waals surface area (Å²) >= 11 is 1.58. The van der Waals surface area contributed by atoms with Crippen LogP contribution >= 0.6 is 11.3 Å². The first-order chi connectivity index (χ1) is 18.0. The third-order valence-corrected chi connectivity index (χ3v) is 7.85. The monoisotopic (exact) mass is 522 g/mol. The van der Waals surface area contributed by atoms with Crippen molar-refractivity contribution < 1.29 is 13.5 Å². The van der Waals surface area contributed by atoms with Crippen molar-refractivity contribution in [1.29, 1.82) is 0 Å². The molecule has 1 fully saturated rings. The second kappa shape index (κ2) is 9.83. The number of piperazine rings is 1. The largest absolute Gasteiger partial charge is 0.486 e. The van der Waals surface area contributed by atoms with Crippen molar-refractivity contribution >= 4 is 32.9 Å². The van der Waals surface area contributed by atoms with Gasteiger partial charge in [-0.1, -0.05) is 0 Å². The zero-order valence-corrected chi connectivity index (χ0v) is 21.6. The molecule has 0 spiro atoms. The number of nitrogens with one attached hydrogen (secondary N) is 1. The van der Waals surface area contributed by atoms with Crippen LogP contribution in [0.4, 0.5) is 20.2 Å². The molecular weight excluding hydrogens is 494 g/mol. The lowest BCUT2D eigenvalue weighted by molar-refractivity contribution is 0.287. The van der Waals surface area contributed by atoms with E-state index in [-0.39, 0.29) is 17.5 Å². The Hall–Kier alpha value is -3.37. The first-order valence-electron chi connectivity index (χ1n) is 12.6. The van der Waals surface area contributed by atoms with Crippen molar-refractivity contribution in [3.05, 3.63) is 59.0 Å². The van der Waals surface area contributed by atoms with Crippen LogP contribution in [0.25, 0.3) is 21.5 Å². The van der Waals surface area contributed by atoms with Gasteiger partial charge in [-0.2, -0.15) is 0 Å². The van der Waals surface area contributed by atoms with Crippen molar-refractivity contribution in [2.24, 2.45) is 0 Å². The summed E-state index contributed by atoms with van der Waals surface area (Å²) < 4.78 is 36.5. The molecule has 1 saturated heterocycles. The predicted octanol–water partition coefficient (Wildman–Crippen LogP) is 4.64. The van der Waals surface area contributed by atoms with Crippen LogP contribution in [0.1, 0.15) is 24.7 Å². The van der Waals surface area contributed by atoms with E-state index in [1.54, 1.807) is 17.4 Å². The second-order valence-electron chi connectivity index (χ2n) is 9.60. The first-order valence-corrected chi connectivity index (χ1v) is 13.4. The normalized spacial score (nSPS) is 15.8. The molecule has 0 aliphatic carbocycles. The molecule has 192 valence electrons. The molecule has 10 heteroatoms. The molecule has 2 aliphatic rings. The Morgan fingerprint density at radius 3 is 2.70 bits per heavy atom. The van der Waals surface area contributed by atoms with E-state index in [4.69, 9.17) is 9.72 Å². The van der Waals surface area contributed by atoms with Gasteiger partial charge in [0, 0.05) is 43.5 Å². The SMILES string of the molecule is CC(C)N1CCOc2c(F)cc(-c3nc(Cc4nc5cc(N6CCNCC6)ccc5s4)ncc3F)cc21. The summed E-state index contributed by atoms with van der Waals surface area (Å²) in [5.74, 6) is -0.481. The minimum absolute atomic E-state index is 0.0723. The van der Waals surface area contributed by atoms with Gasteiger partial charge in [-0.3, -0.25) is 0 Å². The minimum atomic E-state index is -0.596. The molecule has 4 heterocycles. The van der Waals surface area contributed by atoms with E-state index in [1.165, 1.54) is 11.8 Å². The number of ether oxygens (including phenoxy) is 1. The number of halogens is 2. The zero-order valence-electron chi connectivity index (χ0n) is 20.8. The molecule has 7 nitrogen and oxygen atoms in total. The molecule has 0 atom stereocenters. The molecule has 2 aliphatic heterocycles. The molecule has 0 bridgehead atoms. The Balaban J connectivity index is 1.30. The topological polar surface area (TPSA) is 66.4 Å². The summed E-state index contributed by atoms with van der Waals surface area (Å²) in [4.78, 5) is 17.9. The van der Waals surface area contributed by atoms with Gasteiger partial charge in [-0.25, -0.2) is 23.7 Å². The number of hydrogen-bond acceptors (Lipinski definition) is 8. The van der Waals surface area contributed by atoms with Crippen molar-refractivity contribution in [2.75, 3.05) is 49.1 Å².